The molecule has 12 heteroatoms. The van der Waals surface area contributed by atoms with Gasteiger partial charge in [-0.2, -0.15) is 0 Å². The predicted octanol–water partition coefficient (Wildman–Crippen LogP) is -1.77. The second-order valence-electron chi connectivity index (χ2n) is 3.26. The van der Waals surface area contributed by atoms with E-state index in [1.807, 2.05) is 0 Å². The third kappa shape index (κ3) is 2.08. The van der Waals surface area contributed by atoms with Crippen LogP contribution in [0.2, 0.25) is 0 Å². The Bertz CT molecular complexity index is 592. The van der Waals surface area contributed by atoms with Crippen molar-refractivity contribution in [3.05, 3.63) is 38.0 Å². The van der Waals surface area contributed by atoms with Crippen molar-refractivity contribution in [2.75, 3.05) is 10.5 Å². The highest BCUT2D eigenvalue weighted by Gasteiger charge is 2.18. The lowest BCUT2D eigenvalue weighted by Crippen LogP contribution is -2.48. The zero-order valence-corrected chi connectivity index (χ0v) is 9.34. The van der Waals surface area contributed by atoms with Gasteiger partial charge in [0.05, 0.1) is 0 Å². The van der Waals surface area contributed by atoms with Gasteiger partial charge in [0.25, 0.3) is 0 Å². The molecule has 0 bridgehead atoms. The van der Waals surface area contributed by atoms with Gasteiger partial charge in [-0.05, 0) is 0 Å². The van der Waals surface area contributed by atoms with E-state index in [1.54, 1.807) is 0 Å². The van der Waals surface area contributed by atoms with Crippen LogP contribution in [0.4, 0.5) is 4.79 Å². The van der Waals surface area contributed by atoms with E-state index >= 15 is 0 Å². The Labute approximate surface area is 105 Å². The van der Waals surface area contributed by atoms with Crippen molar-refractivity contribution >= 4 is 6.03 Å². The predicted molar refractivity (Wildman–Crippen MR) is 58.4 cm³/mol. The molecule has 12 nitrogen and oxygen atoms in total. The number of carbonyl (C=O) groups is 1. The van der Waals surface area contributed by atoms with E-state index in [2.05, 4.69) is 36.0 Å². The molecule has 0 saturated heterocycles. The molecule has 0 aliphatic heterocycles. The number of nitrogens with one attached hydrogen (secondary N) is 1. The third-order valence-corrected chi connectivity index (χ3v) is 2.08. The Kier molecular flexibility index (Phi) is 2.57. The van der Waals surface area contributed by atoms with Gasteiger partial charge in [-0.1, -0.05) is 0 Å². The molecule has 3 heterocycles. The molecule has 96 valence electrons. The number of aromatic nitrogens is 9. The van der Waals surface area contributed by atoms with Crippen molar-refractivity contribution in [3.8, 4) is 0 Å². The molecule has 19 heavy (non-hydrogen) atoms. The minimum absolute atomic E-state index is 0.514. The largest absolute Gasteiger partial charge is 0.376 e. The van der Waals surface area contributed by atoms with Gasteiger partial charge in [-0.25, -0.2) is 24.2 Å². The molecule has 0 aliphatic carbocycles. The number of hydrogen-bond donors (Lipinski definition) is 1. The maximum atomic E-state index is 12.2. The highest BCUT2D eigenvalue weighted by Crippen LogP contribution is 1.95. The van der Waals surface area contributed by atoms with Crippen molar-refractivity contribution in [2.45, 2.75) is 0 Å². The molecule has 3 rings (SSSR count). The summed E-state index contributed by atoms with van der Waals surface area (Å²) in [7, 11) is 0. The first-order valence-electron chi connectivity index (χ1n) is 5.00. The van der Waals surface area contributed by atoms with E-state index in [9.17, 15) is 4.79 Å². The van der Waals surface area contributed by atoms with Gasteiger partial charge in [-0.15, -0.1) is 35.7 Å². The summed E-state index contributed by atoms with van der Waals surface area (Å²) in [6, 6.07) is -0.514. The van der Waals surface area contributed by atoms with Crippen LogP contribution >= 0.6 is 0 Å². The zero-order valence-electron chi connectivity index (χ0n) is 9.34. The maximum Gasteiger partial charge on any atom is 0.376 e. The van der Waals surface area contributed by atoms with Crippen LogP contribution in [-0.4, -0.2) is 50.7 Å². The molecule has 1 N–H and O–H groups in total. The fourth-order valence-electron chi connectivity index (χ4n) is 1.33. The quantitative estimate of drug-likeness (QED) is 0.591. The summed E-state index contributed by atoms with van der Waals surface area (Å²) >= 11 is 0. The first-order valence-corrected chi connectivity index (χ1v) is 5.00. The van der Waals surface area contributed by atoms with Crippen molar-refractivity contribution in [1.29, 1.82) is 0 Å². The molecule has 3 aromatic rings. The number of nitrogens with zero attached hydrogens (tertiary/aromatic N) is 10. The molecule has 0 saturated carbocycles. The monoisotopic (exact) mass is 261 g/mol. The summed E-state index contributed by atoms with van der Waals surface area (Å²) in [6.07, 6.45) is 8.09. The van der Waals surface area contributed by atoms with Crippen LogP contribution in [0.25, 0.3) is 0 Å². The van der Waals surface area contributed by atoms with Crippen LogP contribution in [0.15, 0.2) is 38.0 Å². The average molecular weight is 261 g/mol. The molecule has 0 aromatic carbocycles. The Morgan fingerprint density at radius 3 is 1.68 bits per heavy atom. The summed E-state index contributed by atoms with van der Waals surface area (Å²) in [6.45, 7) is 0. The molecule has 0 unspecified atom stereocenters. The Balaban J connectivity index is 1.89. The number of amides is 2. The van der Waals surface area contributed by atoms with E-state index in [0.29, 0.717) is 0 Å². The number of rotatable bonds is 3. The number of urea groups is 1. The fraction of sp³-hybridized carbons (Fsp3) is 0. The molecule has 3 aromatic heterocycles. The molecule has 2 amide bonds. The number of hydrogen-bond acceptors (Lipinski definition) is 7. The average Bonchev–Trinajstić information content (AvgIpc) is 3.11. The lowest BCUT2D eigenvalue weighted by atomic mass is 10.9. The van der Waals surface area contributed by atoms with Crippen LogP contribution in [-0.2, 0) is 0 Å². The van der Waals surface area contributed by atoms with Crippen molar-refractivity contribution < 1.29 is 4.79 Å². The molecule has 0 radical (unpaired) electrons. The first-order chi connectivity index (χ1) is 9.34. The normalized spacial score (nSPS) is 10.3. The molecule has 0 aliphatic rings. The highest BCUT2D eigenvalue weighted by atomic mass is 16.2. The summed E-state index contributed by atoms with van der Waals surface area (Å²) in [5, 5.41) is 22.9. The van der Waals surface area contributed by atoms with Gasteiger partial charge in [0, 0.05) is 0 Å². The van der Waals surface area contributed by atoms with E-state index in [0.717, 1.165) is 0 Å². The fourth-order valence-corrected chi connectivity index (χ4v) is 1.33. The summed E-state index contributed by atoms with van der Waals surface area (Å²) < 4.78 is 4.00. The minimum atomic E-state index is -0.514. The molecular weight excluding hydrogens is 254 g/mol. The van der Waals surface area contributed by atoms with Crippen molar-refractivity contribution in [1.82, 2.24) is 44.6 Å². The van der Waals surface area contributed by atoms with Gasteiger partial charge in [-0.3, -0.25) is 0 Å². The van der Waals surface area contributed by atoms with E-state index in [-0.39, 0.29) is 0 Å². The van der Waals surface area contributed by atoms with Crippen molar-refractivity contribution in [3.63, 3.8) is 0 Å². The zero-order chi connectivity index (χ0) is 13.1. The second-order valence-corrected chi connectivity index (χ2v) is 3.26. The van der Waals surface area contributed by atoms with Crippen LogP contribution < -0.4 is 10.5 Å². The lowest BCUT2D eigenvalue weighted by molar-refractivity contribution is 0.245. The molecular formula is C7H7N11O. The Morgan fingerprint density at radius 2 is 1.21 bits per heavy atom. The van der Waals surface area contributed by atoms with Crippen LogP contribution in [0.1, 0.15) is 0 Å². The first kappa shape index (κ1) is 10.8. The number of carbonyl (C=O) groups excluding carboxylic acids is 1. The van der Waals surface area contributed by atoms with Crippen molar-refractivity contribution in [2.24, 2.45) is 0 Å². The lowest BCUT2D eigenvalue weighted by Gasteiger charge is -2.22. The Hall–Kier alpha value is -3.31. The van der Waals surface area contributed by atoms with Crippen LogP contribution in [0.3, 0.4) is 0 Å². The minimum Gasteiger partial charge on any atom is -0.243 e. The van der Waals surface area contributed by atoms with Gasteiger partial charge in [0.15, 0.2) is 0 Å². The summed E-state index contributed by atoms with van der Waals surface area (Å²) in [5.74, 6) is 0. The second kappa shape index (κ2) is 4.52. The third-order valence-electron chi connectivity index (χ3n) is 2.08. The highest BCUT2D eigenvalue weighted by molar-refractivity contribution is 5.90. The topological polar surface area (TPSA) is 124 Å². The molecule has 0 fully saturated rings. The van der Waals surface area contributed by atoms with Crippen LogP contribution in [0, 0.1) is 0 Å². The summed E-state index contributed by atoms with van der Waals surface area (Å²) in [4.78, 5) is 12.2. The van der Waals surface area contributed by atoms with Crippen LogP contribution in [0.5, 0.6) is 0 Å². The smallest absolute Gasteiger partial charge is 0.243 e. The van der Waals surface area contributed by atoms with Gasteiger partial charge >= 0.3 is 6.03 Å². The summed E-state index contributed by atoms with van der Waals surface area (Å²) in [5.41, 5.74) is 2.52. The SMILES string of the molecule is O=C(Nn1cnnc1)N(n1cnnc1)n1cnnc1. The maximum absolute atomic E-state index is 12.2. The molecule has 0 spiro atoms. The van der Waals surface area contributed by atoms with Gasteiger partial charge in [0.2, 0.25) is 0 Å². The molecule has 0 atom stereocenters. The standard InChI is InChI=1S/C7H7N11O/c19-7(14-15-1-8-9-2-15)18(16-3-10-11-4-16)17-5-12-13-6-17/h1-6H,(H,14,19). The van der Waals surface area contributed by atoms with E-state index < -0.39 is 6.03 Å². The van der Waals surface area contributed by atoms with E-state index in [1.165, 1.54) is 57.1 Å². The van der Waals surface area contributed by atoms with Gasteiger partial charge < -0.3 is 0 Å². The van der Waals surface area contributed by atoms with E-state index in [4.69, 9.17) is 0 Å². The van der Waals surface area contributed by atoms with Gasteiger partial charge in [0.1, 0.15) is 38.0 Å². The Morgan fingerprint density at radius 1 is 0.789 bits per heavy atom.